The molecule has 0 saturated carbocycles. The maximum Gasteiger partial charge on any atom is 0.264 e. The highest BCUT2D eigenvalue weighted by molar-refractivity contribution is 7.92. The van der Waals surface area contributed by atoms with Crippen LogP contribution in [0.2, 0.25) is 0 Å². The molecular weight excluding hydrogens is 371 g/mol. The summed E-state index contributed by atoms with van der Waals surface area (Å²) in [5, 5.41) is 2.68. The summed E-state index contributed by atoms with van der Waals surface area (Å²) in [6.45, 7) is 0.435. The van der Waals surface area contributed by atoms with Gasteiger partial charge in [-0.05, 0) is 37.1 Å². The number of anilines is 1. The van der Waals surface area contributed by atoms with Gasteiger partial charge in [-0.25, -0.2) is 12.8 Å². The number of nitrogens with one attached hydrogen (secondary N) is 1. The van der Waals surface area contributed by atoms with Crippen LogP contribution >= 0.6 is 0 Å². The molecule has 1 N–H and O–H groups in total. The van der Waals surface area contributed by atoms with Gasteiger partial charge in [0.05, 0.1) is 16.7 Å². The van der Waals surface area contributed by atoms with Crippen molar-refractivity contribution in [3.63, 3.8) is 0 Å². The molecule has 1 heterocycles. The predicted molar refractivity (Wildman–Crippen MR) is 99.4 cm³/mol. The highest BCUT2D eigenvalue weighted by atomic mass is 32.2. The van der Waals surface area contributed by atoms with Gasteiger partial charge < -0.3 is 10.1 Å². The van der Waals surface area contributed by atoms with Crippen molar-refractivity contribution in [2.75, 3.05) is 24.0 Å². The molecule has 2 aromatic carbocycles. The predicted octanol–water partition coefficient (Wildman–Crippen LogP) is 2.32. The fourth-order valence-electron chi connectivity index (χ4n) is 2.89. The van der Waals surface area contributed by atoms with Crippen LogP contribution in [-0.4, -0.2) is 40.1 Å². The second-order valence-electron chi connectivity index (χ2n) is 6.22. The topological polar surface area (TPSA) is 75.7 Å². The van der Waals surface area contributed by atoms with Crippen LogP contribution < -0.4 is 9.62 Å². The lowest BCUT2D eigenvalue weighted by molar-refractivity contribution is -0.120. The lowest BCUT2D eigenvalue weighted by Crippen LogP contribution is -2.43. The summed E-state index contributed by atoms with van der Waals surface area (Å²) in [5.74, 6) is -1.24. The number of halogens is 1. The van der Waals surface area contributed by atoms with Gasteiger partial charge in [0.15, 0.2) is 0 Å². The van der Waals surface area contributed by atoms with Gasteiger partial charge in [0.25, 0.3) is 10.0 Å². The van der Waals surface area contributed by atoms with Crippen molar-refractivity contribution in [1.82, 2.24) is 5.32 Å². The van der Waals surface area contributed by atoms with Crippen LogP contribution in [0.15, 0.2) is 59.5 Å². The van der Waals surface area contributed by atoms with Crippen LogP contribution in [0.1, 0.15) is 12.8 Å². The summed E-state index contributed by atoms with van der Waals surface area (Å²) in [6, 6.07) is 13.1. The lowest BCUT2D eigenvalue weighted by atomic mass is 10.2. The SMILES string of the molecule is O=C(CN(c1ccccc1F)S(=O)(=O)c1ccccc1)NC[C@@H]1CCCO1. The minimum absolute atomic E-state index is 0.0137. The second-order valence-corrected chi connectivity index (χ2v) is 8.08. The van der Waals surface area contributed by atoms with Crippen LogP contribution in [0.3, 0.4) is 0 Å². The zero-order valence-electron chi connectivity index (χ0n) is 14.7. The fraction of sp³-hybridized carbons (Fsp3) is 0.316. The normalized spacial score (nSPS) is 16.9. The minimum atomic E-state index is -4.11. The maximum absolute atomic E-state index is 14.3. The lowest BCUT2D eigenvalue weighted by Gasteiger charge is -2.24. The molecule has 1 aliphatic heterocycles. The molecule has 1 fully saturated rings. The molecular formula is C19H21FN2O4S. The molecule has 144 valence electrons. The third kappa shape index (κ3) is 4.64. The zero-order chi connectivity index (χ0) is 19.3. The summed E-state index contributed by atoms with van der Waals surface area (Å²) < 4.78 is 46.6. The van der Waals surface area contributed by atoms with E-state index < -0.39 is 28.3 Å². The number of hydrogen-bond acceptors (Lipinski definition) is 4. The molecule has 0 bridgehead atoms. The summed E-state index contributed by atoms with van der Waals surface area (Å²) in [5.41, 5.74) is -0.173. The fourth-order valence-corrected chi connectivity index (χ4v) is 4.34. The van der Waals surface area contributed by atoms with Gasteiger partial charge in [-0.1, -0.05) is 30.3 Å². The molecule has 2 aromatic rings. The largest absolute Gasteiger partial charge is 0.376 e. The van der Waals surface area contributed by atoms with Crippen molar-refractivity contribution in [3.05, 3.63) is 60.4 Å². The minimum Gasteiger partial charge on any atom is -0.376 e. The van der Waals surface area contributed by atoms with Crippen LogP contribution in [0.5, 0.6) is 0 Å². The van der Waals surface area contributed by atoms with Crippen molar-refractivity contribution >= 4 is 21.6 Å². The first-order valence-corrected chi connectivity index (χ1v) is 10.1. The monoisotopic (exact) mass is 392 g/mol. The van der Waals surface area contributed by atoms with Gasteiger partial charge in [0.1, 0.15) is 12.4 Å². The molecule has 0 unspecified atom stereocenters. The van der Waals surface area contributed by atoms with E-state index in [2.05, 4.69) is 5.32 Å². The molecule has 1 atom stereocenters. The van der Waals surface area contributed by atoms with Crippen LogP contribution in [0, 0.1) is 5.82 Å². The zero-order valence-corrected chi connectivity index (χ0v) is 15.5. The van der Waals surface area contributed by atoms with E-state index in [0.29, 0.717) is 13.2 Å². The molecule has 3 rings (SSSR count). The van der Waals surface area contributed by atoms with Crippen LogP contribution in [0.25, 0.3) is 0 Å². The Morgan fingerprint density at radius 3 is 2.52 bits per heavy atom. The average molecular weight is 392 g/mol. The number of hydrogen-bond donors (Lipinski definition) is 1. The van der Waals surface area contributed by atoms with Gasteiger partial charge in [0.2, 0.25) is 5.91 Å². The van der Waals surface area contributed by atoms with Crippen molar-refractivity contribution in [2.24, 2.45) is 0 Å². The van der Waals surface area contributed by atoms with E-state index in [1.54, 1.807) is 18.2 Å². The number of benzene rings is 2. The first-order chi connectivity index (χ1) is 13.0. The van der Waals surface area contributed by atoms with Crippen molar-refractivity contribution in [2.45, 2.75) is 23.8 Å². The summed E-state index contributed by atoms with van der Waals surface area (Å²) in [6.07, 6.45) is 1.71. The van der Waals surface area contributed by atoms with Gasteiger partial charge in [0, 0.05) is 13.2 Å². The standard InChI is InChI=1S/C19H21FN2O4S/c20-17-10-4-5-11-18(17)22(27(24,25)16-8-2-1-3-9-16)14-19(23)21-13-15-7-6-12-26-15/h1-5,8-11,15H,6-7,12-14H2,(H,21,23)/t15-/m0/s1. The Labute approximate surface area is 158 Å². The third-order valence-corrected chi connectivity index (χ3v) is 6.06. The van der Waals surface area contributed by atoms with E-state index in [9.17, 15) is 17.6 Å². The maximum atomic E-state index is 14.3. The molecule has 1 saturated heterocycles. The van der Waals surface area contributed by atoms with Gasteiger partial charge in [-0.15, -0.1) is 0 Å². The van der Waals surface area contributed by atoms with Gasteiger partial charge >= 0.3 is 0 Å². The molecule has 6 nitrogen and oxygen atoms in total. The van der Waals surface area contributed by atoms with Crippen molar-refractivity contribution in [1.29, 1.82) is 0 Å². The number of carbonyl (C=O) groups is 1. The Kier molecular flexibility index (Phi) is 6.08. The van der Waals surface area contributed by atoms with Gasteiger partial charge in [-0.2, -0.15) is 0 Å². The summed E-state index contributed by atoms with van der Waals surface area (Å²) in [7, 11) is -4.11. The molecule has 0 spiro atoms. The van der Waals surface area contributed by atoms with E-state index in [1.165, 1.54) is 30.3 Å². The van der Waals surface area contributed by atoms with E-state index in [0.717, 1.165) is 23.2 Å². The Balaban J connectivity index is 1.84. The number of carbonyl (C=O) groups excluding carboxylic acids is 1. The molecule has 1 amide bonds. The van der Waals surface area contributed by atoms with Crippen LogP contribution in [0.4, 0.5) is 10.1 Å². The highest BCUT2D eigenvalue weighted by Gasteiger charge is 2.29. The molecule has 1 aliphatic rings. The molecule has 0 aliphatic carbocycles. The number of sulfonamides is 1. The van der Waals surface area contributed by atoms with Gasteiger partial charge in [-0.3, -0.25) is 9.10 Å². The number of ether oxygens (including phenoxy) is 1. The third-order valence-electron chi connectivity index (χ3n) is 4.29. The Morgan fingerprint density at radius 1 is 1.15 bits per heavy atom. The smallest absolute Gasteiger partial charge is 0.264 e. The Hall–Kier alpha value is -2.45. The number of nitrogens with zero attached hydrogens (tertiary/aromatic N) is 1. The van der Waals surface area contributed by atoms with E-state index >= 15 is 0 Å². The average Bonchev–Trinajstić information content (AvgIpc) is 3.19. The summed E-state index contributed by atoms with van der Waals surface area (Å²) >= 11 is 0. The number of amides is 1. The molecule has 0 radical (unpaired) electrons. The molecule has 0 aromatic heterocycles. The number of rotatable bonds is 7. The van der Waals surface area contributed by atoms with Crippen molar-refractivity contribution in [3.8, 4) is 0 Å². The second kappa shape index (κ2) is 8.49. The molecule has 27 heavy (non-hydrogen) atoms. The highest BCUT2D eigenvalue weighted by Crippen LogP contribution is 2.25. The van der Waals surface area contributed by atoms with E-state index in [-0.39, 0.29) is 16.7 Å². The van der Waals surface area contributed by atoms with Crippen LogP contribution in [-0.2, 0) is 19.6 Å². The summed E-state index contributed by atoms with van der Waals surface area (Å²) in [4.78, 5) is 12.4. The Bertz CT molecular complexity index is 884. The van der Waals surface area contributed by atoms with E-state index in [4.69, 9.17) is 4.74 Å². The van der Waals surface area contributed by atoms with E-state index in [1.807, 2.05) is 0 Å². The number of para-hydroxylation sites is 1. The molecule has 8 heteroatoms. The van der Waals surface area contributed by atoms with Crippen molar-refractivity contribution < 1.29 is 22.3 Å². The quantitative estimate of drug-likeness (QED) is 0.785. The first kappa shape index (κ1) is 19.3. The Morgan fingerprint density at radius 2 is 1.85 bits per heavy atom. The first-order valence-electron chi connectivity index (χ1n) is 8.69.